The summed E-state index contributed by atoms with van der Waals surface area (Å²) in [5.41, 5.74) is 0.546. The van der Waals surface area contributed by atoms with Crippen LogP contribution in [0.25, 0.3) is 0 Å². The third-order valence-electron chi connectivity index (χ3n) is 1.89. The van der Waals surface area contributed by atoms with E-state index in [0.29, 0.717) is 5.56 Å². The van der Waals surface area contributed by atoms with Gasteiger partial charge >= 0.3 is 0 Å². The molecule has 3 N–H and O–H groups in total. The minimum atomic E-state index is -0.603. The van der Waals surface area contributed by atoms with Crippen molar-refractivity contribution in [3.63, 3.8) is 0 Å². The van der Waals surface area contributed by atoms with E-state index in [0.717, 1.165) is 3.57 Å². The Morgan fingerprint density at radius 2 is 1.93 bits per heavy atom. The maximum absolute atomic E-state index is 11.7. The van der Waals surface area contributed by atoms with E-state index in [1.807, 2.05) is 12.1 Å². The van der Waals surface area contributed by atoms with Crippen molar-refractivity contribution < 1.29 is 15.0 Å². The number of rotatable bonds is 4. The highest BCUT2D eigenvalue weighted by molar-refractivity contribution is 14.1. The van der Waals surface area contributed by atoms with Crippen LogP contribution in [0, 0.1) is 3.57 Å². The van der Waals surface area contributed by atoms with Gasteiger partial charge in [0.1, 0.15) is 0 Å². The van der Waals surface area contributed by atoms with Crippen molar-refractivity contribution in [2.75, 3.05) is 13.2 Å². The molecule has 0 saturated heterocycles. The Morgan fingerprint density at radius 3 is 2.47 bits per heavy atom. The molecule has 4 nitrogen and oxygen atoms in total. The molecule has 0 spiro atoms. The molecular weight excluding hydrogens is 309 g/mol. The summed E-state index contributed by atoms with van der Waals surface area (Å²) in [6.45, 7) is -0.544. The minimum absolute atomic E-state index is 0.272. The number of aliphatic hydroxyl groups is 2. The molecule has 0 heterocycles. The molecule has 82 valence electrons. The molecule has 0 fully saturated rings. The molecule has 5 heteroatoms. The highest BCUT2D eigenvalue weighted by Crippen LogP contribution is 2.11. The smallest absolute Gasteiger partial charge is 0.252 e. The average Bonchev–Trinajstić information content (AvgIpc) is 2.26. The number of carbonyl (C=O) groups is 1. The van der Waals surface area contributed by atoms with E-state index in [1.165, 1.54) is 0 Å². The molecule has 1 aromatic carbocycles. The first kappa shape index (κ1) is 12.4. The van der Waals surface area contributed by atoms with Crippen molar-refractivity contribution in [1.29, 1.82) is 0 Å². The highest BCUT2D eigenvalue weighted by Gasteiger charge is 2.13. The molecule has 0 bridgehead atoms. The van der Waals surface area contributed by atoms with Crippen LogP contribution in [0.4, 0.5) is 0 Å². The average molecular weight is 321 g/mol. The van der Waals surface area contributed by atoms with Gasteiger partial charge in [0.15, 0.2) is 0 Å². The summed E-state index contributed by atoms with van der Waals surface area (Å²) >= 11 is 2.06. The molecule has 0 aliphatic rings. The second-order valence-electron chi connectivity index (χ2n) is 3.02. The molecule has 15 heavy (non-hydrogen) atoms. The molecule has 0 aliphatic carbocycles. The van der Waals surface area contributed by atoms with E-state index in [2.05, 4.69) is 27.9 Å². The van der Waals surface area contributed by atoms with Crippen molar-refractivity contribution in [1.82, 2.24) is 5.32 Å². The van der Waals surface area contributed by atoms with Gasteiger partial charge < -0.3 is 15.5 Å². The number of carbonyl (C=O) groups excluding carboxylic acids is 1. The third kappa shape index (κ3) is 3.44. The van der Waals surface area contributed by atoms with E-state index in [-0.39, 0.29) is 19.1 Å². The van der Waals surface area contributed by atoms with Gasteiger partial charge in [0.2, 0.25) is 0 Å². The number of nitrogens with one attached hydrogen (secondary N) is 1. The maximum Gasteiger partial charge on any atom is 0.252 e. The monoisotopic (exact) mass is 321 g/mol. The number of benzene rings is 1. The van der Waals surface area contributed by atoms with Crippen LogP contribution in [0.2, 0.25) is 0 Å². The Balaban J connectivity index is 2.73. The number of hydrogen-bond donors (Lipinski definition) is 3. The number of amides is 1. The fourth-order valence-electron chi connectivity index (χ4n) is 1.06. The highest BCUT2D eigenvalue weighted by atomic mass is 127. The second kappa shape index (κ2) is 6.04. The topological polar surface area (TPSA) is 69.6 Å². The van der Waals surface area contributed by atoms with Crippen LogP contribution in [0.1, 0.15) is 10.4 Å². The predicted molar refractivity (Wildman–Crippen MR) is 64.6 cm³/mol. The van der Waals surface area contributed by atoms with Crippen LogP contribution in [0.5, 0.6) is 0 Å². The summed E-state index contributed by atoms with van der Waals surface area (Å²) in [7, 11) is 0. The van der Waals surface area contributed by atoms with E-state index in [9.17, 15) is 4.79 Å². The molecule has 1 aromatic rings. The lowest BCUT2D eigenvalue weighted by molar-refractivity contribution is 0.0878. The molecule has 0 atom stereocenters. The molecule has 0 aromatic heterocycles. The molecule has 1 amide bonds. The van der Waals surface area contributed by atoms with Crippen LogP contribution in [-0.2, 0) is 0 Å². The normalized spacial score (nSPS) is 10.4. The standard InChI is InChI=1S/C10H12INO3/c11-9-4-2-1-3-8(9)10(15)12-7(5-13)6-14/h1-4,7,13-14H,5-6H2,(H,12,15). The lowest BCUT2D eigenvalue weighted by Crippen LogP contribution is -2.40. The van der Waals surface area contributed by atoms with Crippen LogP contribution in [0.3, 0.4) is 0 Å². The Morgan fingerprint density at radius 1 is 1.33 bits per heavy atom. The lowest BCUT2D eigenvalue weighted by atomic mass is 10.2. The van der Waals surface area contributed by atoms with Gasteiger partial charge in [-0.25, -0.2) is 0 Å². The van der Waals surface area contributed by atoms with E-state index in [4.69, 9.17) is 10.2 Å². The first-order chi connectivity index (χ1) is 7.19. The van der Waals surface area contributed by atoms with Crippen molar-refractivity contribution in [2.45, 2.75) is 6.04 Å². The zero-order chi connectivity index (χ0) is 11.3. The van der Waals surface area contributed by atoms with Gasteiger partial charge in [0.05, 0.1) is 24.8 Å². The van der Waals surface area contributed by atoms with Crippen LogP contribution in [0.15, 0.2) is 24.3 Å². The zero-order valence-corrected chi connectivity index (χ0v) is 10.1. The maximum atomic E-state index is 11.7. The third-order valence-corrected chi connectivity index (χ3v) is 2.84. The Hall–Kier alpha value is -0.660. The van der Waals surface area contributed by atoms with E-state index in [1.54, 1.807) is 12.1 Å². The van der Waals surface area contributed by atoms with Crippen molar-refractivity contribution in [3.05, 3.63) is 33.4 Å². The molecule has 0 unspecified atom stereocenters. The summed E-state index contributed by atoms with van der Waals surface area (Å²) in [5, 5.41) is 20.2. The van der Waals surface area contributed by atoms with Gasteiger partial charge in [0, 0.05) is 3.57 Å². The fraction of sp³-hybridized carbons (Fsp3) is 0.300. The molecule has 0 aliphatic heterocycles. The molecular formula is C10H12INO3. The van der Waals surface area contributed by atoms with Crippen LogP contribution >= 0.6 is 22.6 Å². The Labute approximate surface area is 101 Å². The summed E-state index contributed by atoms with van der Waals surface area (Å²) in [4.78, 5) is 11.7. The summed E-state index contributed by atoms with van der Waals surface area (Å²) in [5.74, 6) is -0.284. The number of halogens is 1. The predicted octanol–water partition coefficient (Wildman–Crippen LogP) is 0.374. The van der Waals surface area contributed by atoms with Crippen LogP contribution < -0.4 is 5.32 Å². The summed E-state index contributed by atoms with van der Waals surface area (Å²) < 4.78 is 0.835. The quantitative estimate of drug-likeness (QED) is 0.702. The van der Waals surface area contributed by atoms with Gasteiger partial charge in [-0.3, -0.25) is 4.79 Å². The number of hydrogen-bond acceptors (Lipinski definition) is 3. The summed E-state index contributed by atoms with van der Waals surface area (Å²) in [6.07, 6.45) is 0. The Bertz CT molecular complexity index is 339. The second-order valence-corrected chi connectivity index (χ2v) is 4.18. The van der Waals surface area contributed by atoms with Crippen molar-refractivity contribution >= 4 is 28.5 Å². The first-order valence-electron chi connectivity index (χ1n) is 4.46. The zero-order valence-electron chi connectivity index (χ0n) is 7.98. The van der Waals surface area contributed by atoms with E-state index < -0.39 is 6.04 Å². The van der Waals surface area contributed by atoms with E-state index >= 15 is 0 Å². The number of aliphatic hydroxyl groups excluding tert-OH is 2. The first-order valence-corrected chi connectivity index (χ1v) is 5.54. The lowest BCUT2D eigenvalue weighted by Gasteiger charge is -2.13. The van der Waals surface area contributed by atoms with Gasteiger partial charge in [-0.2, -0.15) is 0 Å². The van der Waals surface area contributed by atoms with Gasteiger partial charge in [-0.15, -0.1) is 0 Å². The van der Waals surface area contributed by atoms with Crippen molar-refractivity contribution in [3.8, 4) is 0 Å². The minimum Gasteiger partial charge on any atom is -0.394 e. The fourth-order valence-corrected chi connectivity index (χ4v) is 1.69. The summed E-state index contributed by atoms with van der Waals surface area (Å²) in [6, 6.07) is 6.53. The van der Waals surface area contributed by atoms with Gasteiger partial charge in [-0.1, -0.05) is 12.1 Å². The Kier molecular flexibility index (Phi) is 5.00. The van der Waals surface area contributed by atoms with Crippen molar-refractivity contribution in [2.24, 2.45) is 0 Å². The largest absolute Gasteiger partial charge is 0.394 e. The molecule has 0 radical (unpaired) electrons. The van der Waals surface area contributed by atoms with Gasteiger partial charge in [-0.05, 0) is 34.7 Å². The molecule has 1 rings (SSSR count). The molecule has 0 saturated carbocycles. The SMILES string of the molecule is O=C(NC(CO)CO)c1ccccc1I. The van der Waals surface area contributed by atoms with Gasteiger partial charge in [0.25, 0.3) is 5.91 Å². The van der Waals surface area contributed by atoms with Crippen LogP contribution in [-0.4, -0.2) is 35.4 Å².